The third-order valence-electron chi connectivity index (χ3n) is 5.55. The zero-order valence-electron chi connectivity index (χ0n) is 19.6. The topological polar surface area (TPSA) is 91.7 Å². The molecule has 12 heteroatoms. The van der Waals surface area contributed by atoms with E-state index in [1.54, 1.807) is 36.5 Å². The lowest BCUT2D eigenvalue weighted by Crippen LogP contribution is -2.29. The monoisotopic (exact) mass is 518 g/mol. The van der Waals surface area contributed by atoms with Crippen molar-refractivity contribution < 1.29 is 22.7 Å². The number of thioether (sulfide) groups is 1. The molecular weight excluding hydrogens is 493 g/mol. The number of nitrogens with one attached hydrogen (secondary N) is 4. The predicted octanol–water partition coefficient (Wildman–Crippen LogP) is 3.20. The number of rotatable bonds is 8. The van der Waals surface area contributed by atoms with Crippen LogP contribution in [0.5, 0.6) is 5.75 Å². The number of imidazole rings is 1. The molecule has 0 unspecified atom stereocenters. The van der Waals surface area contributed by atoms with Gasteiger partial charge in [0.2, 0.25) is 0 Å². The second-order valence-electron chi connectivity index (χ2n) is 7.83. The van der Waals surface area contributed by atoms with Gasteiger partial charge in [-0.2, -0.15) is 8.78 Å². The van der Waals surface area contributed by atoms with E-state index in [4.69, 9.17) is 4.74 Å². The molecule has 0 radical (unpaired) electrons. The molecule has 0 spiro atoms. The second kappa shape index (κ2) is 11.5. The van der Waals surface area contributed by atoms with Gasteiger partial charge in [-0.25, -0.2) is 9.37 Å². The number of anilines is 2. The van der Waals surface area contributed by atoms with E-state index in [0.29, 0.717) is 46.6 Å². The number of ether oxygens (including phenoxy) is 1. The fourth-order valence-electron chi connectivity index (χ4n) is 3.82. The van der Waals surface area contributed by atoms with Gasteiger partial charge in [-0.15, -0.1) is 0 Å². The van der Waals surface area contributed by atoms with Gasteiger partial charge in [0.1, 0.15) is 22.6 Å². The van der Waals surface area contributed by atoms with Crippen molar-refractivity contribution in [2.24, 2.45) is 0 Å². The number of hydrogen-bond donors (Lipinski definition) is 4. The minimum absolute atomic E-state index is 0.141. The molecule has 8 nitrogen and oxygen atoms in total. The molecule has 1 fully saturated rings. The van der Waals surface area contributed by atoms with Crippen LogP contribution >= 0.6 is 11.8 Å². The molecule has 1 aliphatic rings. The van der Waals surface area contributed by atoms with Crippen molar-refractivity contribution in [1.82, 2.24) is 20.0 Å². The van der Waals surface area contributed by atoms with Crippen LogP contribution in [0, 0.1) is 11.8 Å². The quantitative estimate of drug-likeness (QED) is 0.269. The molecule has 0 saturated carbocycles. The fourth-order valence-corrected chi connectivity index (χ4v) is 4.46. The van der Waals surface area contributed by atoms with Crippen LogP contribution in [0.15, 0.2) is 41.6 Å². The maximum Gasteiger partial charge on any atom is 0.290 e. The van der Waals surface area contributed by atoms with E-state index < -0.39 is 18.0 Å². The number of methoxy groups -OCH3 is 1. The van der Waals surface area contributed by atoms with E-state index in [2.05, 4.69) is 38.1 Å². The van der Waals surface area contributed by atoms with Crippen LogP contribution < -0.4 is 26.0 Å². The minimum Gasteiger partial charge on any atom is -0.495 e. The van der Waals surface area contributed by atoms with Crippen LogP contribution in [-0.4, -0.2) is 67.1 Å². The van der Waals surface area contributed by atoms with Gasteiger partial charge >= 0.3 is 0 Å². The molecule has 36 heavy (non-hydrogen) atoms. The molecule has 3 aromatic rings. The van der Waals surface area contributed by atoms with Crippen LogP contribution in [0.3, 0.4) is 0 Å². The van der Waals surface area contributed by atoms with Crippen molar-refractivity contribution in [1.29, 1.82) is 0 Å². The van der Waals surface area contributed by atoms with Crippen LogP contribution in [-0.2, 0) is 0 Å². The van der Waals surface area contributed by atoms with Crippen molar-refractivity contribution in [3.63, 3.8) is 0 Å². The first-order valence-corrected chi connectivity index (χ1v) is 12.0. The Morgan fingerprint density at radius 1 is 1.33 bits per heavy atom. The standard InChI is InChI=1S/C24H25F3N6O2S/c1-28-22(34)14-7-8-20(35-2)18(11-14)30-9-3-5-17-23(36-24(26)27)33-10-4-6-16(21(33)32-17)31-19-13-29-12-15(19)25/h4,6-8,10-11,15,19,24,29-31H,9,12-13H2,1-2H3,(H,28,34)/t15-,19+/m0/s1. The first-order chi connectivity index (χ1) is 17.4. The summed E-state index contributed by atoms with van der Waals surface area (Å²) in [5, 5.41) is 11.9. The number of aromatic nitrogens is 2. The molecule has 1 saturated heterocycles. The molecule has 2 atom stereocenters. The largest absolute Gasteiger partial charge is 0.495 e. The average molecular weight is 519 g/mol. The van der Waals surface area contributed by atoms with Gasteiger partial charge < -0.3 is 26.0 Å². The maximum atomic E-state index is 14.1. The van der Waals surface area contributed by atoms with Crippen LogP contribution in [0.25, 0.3) is 5.65 Å². The Kier molecular flexibility index (Phi) is 8.12. The van der Waals surface area contributed by atoms with E-state index in [1.807, 2.05) is 0 Å². The molecule has 1 aliphatic heterocycles. The highest BCUT2D eigenvalue weighted by Gasteiger charge is 2.27. The summed E-state index contributed by atoms with van der Waals surface area (Å²) < 4.78 is 47.7. The molecule has 3 heterocycles. The molecule has 0 bridgehead atoms. The molecule has 190 valence electrons. The summed E-state index contributed by atoms with van der Waals surface area (Å²) >= 11 is 0.347. The molecular formula is C24H25F3N6O2S. The summed E-state index contributed by atoms with van der Waals surface area (Å²) in [5.41, 5.74) is 2.10. The third kappa shape index (κ3) is 5.63. The zero-order chi connectivity index (χ0) is 25.7. The fraction of sp³-hybridized carbons (Fsp3) is 0.333. The first-order valence-electron chi connectivity index (χ1n) is 11.1. The van der Waals surface area contributed by atoms with Crippen LogP contribution in [0.4, 0.5) is 24.5 Å². The van der Waals surface area contributed by atoms with Gasteiger partial charge in [0, 0.05) is 31.9 Å². The normalized spacial score (nSPS) is 17.1. The molecule has 1 amide bonds. The highest BCUT2D eigenvalue weighted by molar-refractivity contribution is 7.99. The Morgan fingerprint density at radius 3 is 2.86 bits per heavy atom. The van der Waals surface area contributed by atoms with Gasteiger partial charge in [-0.05, 0) is 48.0 Å². The van der Waals surface area contributed by atoms with E-state index >= 15 is 0 Å². The third-order valence-corrected chi connectivity index (χ3v) is 6.34. The lowest BCUT2D eigenvalue weighted by atomic mass is 10.1. The number of benzene rings is 1. The Balaban J connectivity index is 1.59. The summed E-state index contributed by atoms with van der Waals surface area (Å²) in [6.07, 6.45) is 0.552. The van der Waals surface area contributed by atoms with Gasteiger partial charge in [-0.3, -0.25) is 9.20 Å². The van der Waals surface area contributed by atoms with Crippen LogP contribution in [0.2, 0.25) is 0 Å². The van der Waals surface area contributed by atoms with E-state index in [9.17, 15) is 18.0 Å². The smallest absolute Gasteiger partial charge is 0.290 e. The average Bonchev–Trinajstić information content (AvgIpc) is 3.44. The second-order valence-corrected chi connectivity index (χ2v) is 8.81. The summed E-state index contributed by atoms with van der Waals surface area (Å²) in [6, 6.07) is 7.91. The van der Waals surface area contributed by atoms with E-state index in [-0.39, 0.29) is 29.7 Å². The lowest BCUT2D eigenvalue weighted by Gasteiger charge is -2.16. The number of pyridine rings is 1. The van der Waals surface area contributed by atoms with Crippen molar-refractivity contribution in [2.75, 3.05) is 44.4 Å². The van der Waals surface area contributed by atoms with Crippen molar-refractivity contribution in [3.05, 3.63) is 47.8 Å². The SMILES string of the molecule is CNC(=O)c1ccc(OC)c(NCC#Cc2nc3c(N[C@@H]4CNC[C@@H]4F)cccn3c2SC(F)F)c1. The summed E-state index contributed by atoms with van der Waals surface area (Å²) in [7, 11) is 3.05. The number of hydrogen-bond acceptors (Lipinski definition) is 7. The summed E-state index contributed by atoms with van der Waals surface area (Å²) in [6.45, 7) is 0.843. The zero-order valence-corrected chi connectivity index (χ0v) is 20.4. The number of amides is 1. The van der Waals surface area contributed by atoms with Crippen molar-refractivity contribution >= 4 is 34.7 Å². The maximum absolute atomic E-state index is 14.1. The summed E-state index contributed by atoms with van der Waals surface area (Å²) in [4.78, 5) is 16.4. The van der Waals surface area contributed by atoms with Gasteiger partial charge in [0.15, 0.2) is 5.65 Å². The van der Waals surface area contributed by atoms with Gasteiger partial charge in [0.25, 0.3) is 11.7 Å². The Labute approximate surface area is 210 Å². The van der Waals surface area contributed by atoms with E-state index in [0.717, 1.165) is 0 Å². The molecule has 4 N–H and O–H groups in total. The van der Waals surface area contributed by atoms with Gasteiger partial charge in [0.05, 0.1) is 31.1 Å². The van der Waals surface area contributed by atoms with Crippen molar-refractivity contribution in [2.45, 2.75) is 23.0 Å². The number of carbonyl (C=O) groups excluding carboxylic acids is 1. The minimum atomic E-state index is -2.67. The highest BCUT2D eigenvalue weighted by Crippen LogP contribution is 2.32. The molecule has 2 aromatic heterocycles. The van der Waals surface area contributed by atoms with Crippen molar-refractivity contribution in [3.8, 4) is 17.6 Å². The predicted molar refractivity (Wildman–Crippen MR) is 134 cm³/mol. The number of halogens is 3. The van der Waals surface area contributed by atoms with Crippen LogP contribution in [0.1, 0.15) is 16.1 Å². The number of fused-ring (bicyclic) bond motifs is 1. The molecule has 0 aliphatic carbocycles. The lowest BCUT2D eigenvalue weighted by molar-refractivity contribution is 0.0963. The summed E-state index contributed by atoms with van der Waals surface area (Å²) in [5.74, 6) is 3.36. The number of carbonyl (C=O) groups is 1. The Bertz CT molecular complexity index is 1310. The highest BCUT2D eigenvalue weighted by atomic mass is 32.2. The molecule has 1 aromatic carbocycles. The first kappa shape index (κ1) is 25.5. The van der Waals surface area contributed by atoms with E-state index in [1.165, 1.54) is 18.6 Å². The Hall–Kier alpha value is -3.56. The Morgan fingerprint density at radius 2 is 2.17 bits per heavy atom. The number of alkyl halides is 3. The van der Waals surface area contributed by atoms with Gasteiger partial charge in [-0.1, -0.05) is 5.92 Å². The molecule has 4 rings (SSSR count). The number of nitrogens with zero attached hydrogens (tertiary/aromatic N) is 2.